The molecule has 0 unspecified atom stereocenters. The summed E-state index contributed by atoms with van der Waals surface area (Å²) in [5.41, 5.74) is 2.78. The molecule has 0 aromatic heterocycles. The summed E-state index contributed by atoms with van der Waals surface area (Å²) in [4.78, 5) is 25.8. The number of piperidine rings is 1. The molecule has 6 nitrogen and oxygen atoms in total. The lowest BCUT2D eigenvalue weighted by Crippen LogP contribution is -2.30. The highest BCUT2D eigenvalue weighted by Crippen LogP contribution is 2.31. The van der Waals surface area contributed by atoms with Crippen LogP contribution in [0.1, 0.15) is 61.4 Å². The molecule has 0 radical (unpaired) electrons. The summed E-state index contributed by atoms with van der Waals surface area (Å²) in [7, 11) is 0. The van der Waals surface area contributed by atoms with Gasteiger partial charge in [-0.25, -0.2) is 0 Å². The van der Waals surface area contributed by atoms with Crippen molar-refractivity contribution in [3.63, 3.8) is 0 Å². The number of carbonyl (C=O) groups is 1. The Morgan fingerprint density at radius 3 is 2.43 bits per heavy atom. The maximum Gasteiger partial charge on any atom is 0.293 e. The minimum atomic E-state index is -0.401. The van der Waals surface area contributed by atoms with E-state index in [1.807, 2.05) is 29.2 Å². The van der Waals surface area contributed by atoms with Crippen molar-refractivity contribution in [3.8, 4) is 0 Å². The normalized spacial score (nSPS) is 15.1. The van der Waals surface area contributed by atoms with Crippen LogP contribution in [0.2, 0.25) is 0 Å². The van der Waals surface area contributed by atoms with Gasteiger partial charge in [0.2, 0.25) is 0 Å². The van der Waals surface area contributed by atoms with Crippen molar-refractivity contribution in [3.05, 3.63) is 63.7 Å². The molecular formula is C22H27N3O3. The molecule has 1 amide bonds. The molecule has 0 bridgehead atoms. The number of benzene rings is 2. The first-order valence-electron chi connectivity index (χ1n) is 9.94. The standard InChI is InChI=1S/C22H27N3O3/c1-3-16(2)17-7-10-19(11-8-17)23-22(26)18-9-12-20(21(15-18)25(27)28)24-13-5-4-6-14-24/h7-12,15-16H,3-6,13-14H2,1-2H3,(H,23,26)/t16-/m1/s1. The van der Waals surface area contributed by atoms with Gasteiger partial charge in [-0.2, -0.15) is 0 Å². The highest BCUT2D eigenvalue weighted by atomic mass is 16.6. The van der Waals surface area contributed by atoms with Crippen LogP contribution in [0.5, 0.6) is 0 Å². The maximum absolute atomic E-state index is 12.6. The monoisotopic (exact) mass is 381 g/mol. The largest absolute Gasteiger partial charge is 0.366 e. The second kappa shape index (κ2) is 8.87. The molecule has 1 fully saturated rings. The summed E-state index contributed by atoms with van der Waals surface area (Å²) in [6.07, 6.45) is 4.28. The Hall–Kier alpha value is -2.89. The van der Waals surface area contributed by atoms with Crippen LogP contribution in [0.3, 0.4) is 0 Å². The summed E-state index contributed by atoms with van der Waals surface area (Å²) >= 11 is 0. The van der Waals surface area contributed by atoms with Crippen molar-refractivity contribution in [2.45, 2.75) is 45.4 Å². The quantitative estimate of drug-likeness (QED) is 0.540. The highest BCUT2D eigenvalue weighted by Gasteiger charge is 2.23. The molecule has 2 aromatic rings. The van der Waals surface area contributed by atoms with Gasteiger partial charge in [0.25, 0.3) is 11.6 Å². The van der Waals surface area contributed by atoms with Crippen molar-refractivity contribution in [1.82, 2.24) is 0 Å². The Morgan fingerprint density at radius 2 is 1.82 bits per heavy atom. The summed E-state index contributed by atoms with van der Waals surface area (Å²) in [6, 6.07) is 12.5. The Labute approximate surface area is 165 Å². The molecule has 3 rings (SSSR count). The highest BCUT2D eigenvalue weighted by molar-refractivity contribution is 6.05. The van der Waals surface area contributed by atoms with Gasteiger partial charge < -0.3 is 10.2 Å². The molecule has 0 saturated carbocycles. The van der Waals surface area contributed by atoms with Gasteiger partial charge in [-0.15, -0.1) is 0 Å². The van der Waals surface area contributed by atoms with Gasteiger partial charge in [0.05, 0.1) is 4.92 Å². The van der Waals surface area contributed by atoms with Crippen LogP contribution in [0.4, 0.5) is 17.1 Å². The van der Waals surface area contributed by atoms with Gasteiger partial charge in [-0.3, -0.25) is 14.9 Å². The van der Waals surface area contributed by atoms with Crippen molar-refractivity contribution >= 4 is 23.0 Å². The van der Waals surface area contributed by atoms with E-state index in [0.717, 1.165) is 38.8 Å². The van der Waals surface area contributed by atoms with E-state index in [9.17, 15) is 14.9 Å². The average Bonchev–Trinajstić information content (AvgIpc) is 2.73. The minimum Gasteiger partial charge on any atom is -0.366 e. The van der Waals surface area contributed by atoms with Crippen LogP contribution in [0.25, 0.3) is 0 Å². The number of anilines is 2. The lowest BCUT2D eigenvalue weighted by molar-refractivity contribution is -0.384. The van der Waals surface area contributed by atoms with Crippen molar-refractivity contribution in [2.24, 2.45) is 0 Å². The summed E-state index contributed by atoms with van der Waals surface area (Å²) in [5.74, 6) is 0.124. The number of rotatable bonds is 6. The SMILES string of the molecule is CC[C@@H](C)c1ccc(NC(=O)c2ccc(N3CCCCC3)c([N+](=O)[O-])c2)cc1. The lowest BCUT2D eigenvalue weighted by Gasteiger charge is -2.28. The molecule has 1 saturated heterocycles. The van der Waals surface area contributed by atoms with Crippen LogP contribution < -0.4 is 10.2 Å². The molecule has 1 heterocycles. The summed E-state index contributed by atoms with van der Waals surface area (Å²) < 4.78 is 0. The van der Waals surface area contributed by atoms with E-state index in [4.69, 9.17) is 0 Å². The first-order valence-corrected chi connectivity index (χ1v) is 9.94. The number of nitrogens with one attached hydrogen (secondary N) is 1. The molecule has 1 aliphatic heterocycles. The average molecular weight is 381 g/mol. The first kappa shape index (κ1) is 19.9. The van der Waals surface area contributed by atoms with E-state index in [2.05, 4.69) is 19.2 Å². The molecule has 148 valence electrons. The molecule has 1 N–H and O–H groups in total. The molecular weight excluding hydrogens is 354 g/mol. The molecule has 0 spiro atoms. The zero-order chi connectivity index (χ0) is 20.1. The van der Waals surface area contributed by atoms with Gasteiger partial charge in [0, 0.05) is 30.4 Å². The van der Waals surface area contributed by atoms with E-state index in [1.165, 1.54) is 11.6 Å². The zero-order valence-corrected chi connectivity index (χ0v) is 16.5. The van der Waals surface area contributed by atoms with Crippen LogP contribution in [0.15, 0.2) is 42.5 Å². The number of amides is 1. The fourth-order valence-corrected chi connectivity index (χ4v) is 3.55. The third-order valence-corrected chi connectivity index (χ3v) is 5.48. The third-order valence-electron chi connectivity index (χ3n) is 5.48. The number of carbonyl (C=O) groups excluding carboxylic acids is 1. The van der Waals surface area contributed by atoms with Gasteiger partial charge in [-0.1, -0.05) is 26.0 Å². The van der Waals surface area contributed by atoms with Crippen molar-refractivity contribution in [2.75, 3.05) is 23.3 Å². The molecule has 1 atom stereocenters. The van der Waals surface area contributed by atoms with Crippen LogP contribution in [0, 0.1) is 10.1 Å². The molecule has 6 heteroatoms. The Morgan fingerprint density at radius 1 is 1.14 bits per heavy atom. The van der Waals surface area contributed by atoms with E-state index in [-0.39, 0.29) is 11.6 Å². The third kappa shape index (κ3) is 4.50. The molecule has 0 aliphatic carbocycles. The number of nitro groups is 1. The predicted molar refractivity (Wildman–Crippen MR) is 112 cm³/mol. The fraction of sp³-hybridized carbons (Fsp3) is 0.409. The van der Waals surface area contributed by atoms with E-state index >= 15 is 0 Å². The molecule has 28 heavy (non-hydrogen) atoms. The Bertz CT molecular complexity index is 843. The van der Waals surface area contributed by atoms with Crippen molar-refractivity contribution in [1.29, 1.82) is 0 Å². The number of nitrogens with zero attached hydrogens (tertiary/aromatic N) is 2. The predicted octanol–water partition coefficient (Wildman–Crippen LogP) is 5.35. The molecule has 2 aromatic carbocycles. The first-order chi connectivity index (χ1) is 13.5. The summed E-state index contributed by atoms with van der Waals surface area (Å²) in [5, 5.41) is 14.4. The van der Waals surface area contributed by atoms with Crippen LogP contribution >= 0.6 is 0 Å². The number of hydrogen-bond acceptors (Lipinski definition) is 4. The van der Waals surface area contributed by atoms with Gasteiger partial charge in [0.15, 0.2) is 0 Å². The zero-order valence-electron chi connectivity index (χ0n) is 16.5. The van der Waals surface area contributed by atoms with Gasteiger partial charge in [0.1, 0.15) is 5.69 Å². The maximum atomic E-state index is 12.6. The smallest absolute Gasteiger partial charge is 0.293 e. The topological polar surface area (TPSA) is 75.5 Å². The fourth-order valence-electron chi connectivity index (χ4n) is 3.55. The Kier molecular flexibility index (Phi) is 6.29. The molecule has 1 aliphatic rings. The van der Waals surface area contributed by atoms with Crippen LogP contribution in [-0.4, -0.2) is 23.9 Å². The summed E-state index contributed by atoms with van der Waals surface area (Å²) in [6.45, 7) is 5.93. The lowest BCUT2D eigenvalue weighted by atomic mass is 9.98. The van der Waals surface area contributed by atoms with E-state index in [1.54, 1.807) is 12.1 Å². The second-order valence-electron chi connectivity index (χ2n) is 7.39. The van der Waals surface area contributed by atoms with Gasteiger partial charge >= 0.3 is 0 Å². The number of hydrogen-bond donors (Lipinski definition) is 1. The minimum absolute atomic E-state index is 0.0123. The van der Waals surface area contributed by atoms with E-state index < -0.39 is 4.92 Å². The Balaban J connectivity index is 1.78. The van der Waals surface area contributed by atoms with Crippen LogP contribution in [-0.2, 0) is 0 Å². The van der Waals surface area contributed by atoms with E-state index in [0.29, 0.717) is 22.9 Å². The second-order valence-corrected chi connectivity index (χ2v) is 7.39. The van der Waals surface area contributed by atoms with Gasteiger partial charge in [-0.05, 0) is 61.4 Å². The van der Waals surface area contributed by atoms with Crippen molar-refractivity contribution < 1.29 is 9.72 Å². The number of nitro benzene ring substituents is 1.